The van der Waals surface area contributed by atoms with Crippen LogP contribution >= 0.6 is 11.3 Å². The first-order chi connectivity index (χ1) is 12.8. The fraction of sp³-hybridized carbons (Fsp3) is 0.0588. The number of hydrogen-bond donors (Lipinski definition) is 2. The first-order valence-electron chi connectivity index (χ1n) is 7.51. The number of nitrogens with one attached hydrogen (secondary N) is 2. The van der Waals surface area contributed by atoms with Crippen molar-refractivity contribution in [2.45, 2.75) is 6.18 Å². The van der Waals surface area contributed by atoms with Gasteiger partial charge in [0.1, 0.15) is 0 Å². The van der Waals surface area contributed by atoms with E-state index in [1.165, 1.54) is 18.2 Å². The largest absolute Gasteiger partial charge is 0.445 e. The van der Waals surface area contributed by atoms with Crippen molar-refractivity contribution >= 4 is 34.0 Å². The van der Waals surface area contributed by atoms with Gasteiger partial charge in [-0.2, -0.15) is 13.2 Å². The summed E-state index contributed by atoms with van der Waals surface area (Å²) in [7, 11) is 0. The Kier molecular flexibility index (Phi) is 5.17. The third-order valence-electron chi connectivity index (χ3n) is 3.31. The summed E-state index contributed by atoms with van der Waals surface area (Å²) in [5.41, 5.74) is 0.954. The molecule has 0 aliphatic rings. The molecule has 0 saturated heterocycles. The second kappa shape index (κ2) is 7.54. The maximum atomic E-state index is 12.5. The number of carbonyl (C=O) groups excluding carboxylic acids is 2. The number of alkyl halides is 3. The molecule has 0 bridgehead atoms. The summed E-state index contributed by atoms with van der Waals surface area (Å²) < 4.78 is 37.6. The van der Waals surface area contributed by atoms with E-state index in [1.807, 2.05) is 0 Å². The Balaban J connectivity index is 1.70. The van der Waals surface area contributed by atoms with Crippen LogP contribution in [0.5, 0.6) is 0 Å². The van der Waals surface area contributed by atoms with Crippen molar-refractivity contribution in [2.24, 2.45) is 0 Å². The van der Waals surface area contributed by atoms with E-state index >= 15 is 0 Å². The van der Waals surface area contributed by atoms with Crippen molar-refractivity contribution in [3.05, 3.63) is 70.7 Å². The van der Waals surface area contributed by atoms with E-state index < -0.39 is 17.1 Å². The van der Waals surface area contributed by atoms with Gasteiger partial charge in [-0.25, -0.2) is 0 Å². The molecule has 138 valence electrons. The molecule has 27 heavy (non-hydrogen) atoms. The van der Waals surface area contributed by atoms with E-state index in [1.54, 1.807) is 36.4 Å². The van der Waals surface area contributed by atoms with Crippen LogP contribution < -0.4 is 10.6 Å². The maximum absolute atomic E-state index is 12.5. The van der Waals surface area contributed by atoms with Crippen LogP contribution in [0.25, 0.3) is 0 Å². The smallest absolute Gasteiger partial charge is 0.322 e. The molecule has 6 nitrogen and oxygen atoms in total. The van der Waals surface area contributed by atoms with Gasteiger partial charge in [0.15, 0.2) is 0 Å². The van der Waals surface area contributed by atoms with Gasteiger partial charge in [0.2, 0.25) is 10.1 Å². The Morgan fingerprint density at radius 2 is 1.52 bits per heavy atom. The number of halogens is 3. The summed E-state index contributed by atoms with van der Waals surface area (Å²) >= 11 is 0.226. The fourth-order valence-electron chi connectivity index (χ4n) is 2.09. The van der Waals surface area contributed by atoms with Crippen LogP contribution in [0.3, 0.4) is 0 Å². The molecule has 0 saturated carbocycles. The average molecular weight is 392 g/mol. The van der Waals surface area contributed by atoms with Gasteiger partial charge in [0.25, 0.3) is 11.8 Å². The number of anilines is 2. The fourth-order valence-corrected chi connectivity index (χ4v) is 2.69. The van der Waals surface area contributed by atoms with Crippen LogP contribution in [0.2, 0.25) is 0 Å². The number of hydrogen-bond acceptors (Lipinski definition) is 5. The molecule has 0 spiro atoms. The SMILES string of the molecule is O=C(Nc1cccc(C(=O)Nc2nnc(C(F)(F)F)s2)c1)c1ccccc1. The molecule has 0 aliphatic carbocycles. The summed E-state index contributed by atoms with van der Waals surface area (Å²) in [6.07, 6.45) is -4.62. The van der Waals surface area contributed by atoms with Crippen LogP contribution in [0.4, 0.5) is 24.0 Å². The van der Waals surface area contributed by atoms with Gasteiger partial charge >= 0.3 is 6.18 Å². The predicted molar refractivity (Wildman–Crippen MR) is 93.7 cm³/mol. The standard InChI is InChI=1S/C17H11F3N4O2S/c18-17(19,20)15-23-24-16(27-15)22-14(26)11-7-4-8-12(9-11)21-13(25)10-5-2-1-3-6-10/h1-9H,(H,21,25)(H,22,24,26). The summed E-state index contributed by atoms with van der Waals surface area (Å²) in [5, 5.41) is 9.78. The topological polar surface area (TPSA) is 84.0 Å². The zero-order valence-electron chi connectivity index (χ0n) is 13.4. The van der Waals surface area contributed by atoms with Gasteiger partial charge in [-0.3, -0.25) is 14.9 Å². The quantitative estimate of drug-likeness (QED) is 0.701. The second-order valence-corrected chi connectivity index (χ2v) is 6.24. The molecule has 0 atom stereocenters. The summed E-state index contributed by atoms with van der Waals surface area (Å²) in [5.74, 6) is -1.03. The van der Waals surface area contributed by atoms with E-state index in [-0.39, 0.29) is 27.9 Å². The normalized spacial score (nSPS) is 11.1. The first-order valence-corrected chi connectivity index (χ1v) is 8.33. The second-order valence-electron chi connectivity index (χ2n) is 5.27. The minimum absolute atomic E-state index is 0.143. The molecule has 0 radical (unpaired) electrons. The lowest BCUT2D eigenvalue weighted by atomic mass is 10.1. The molecular weight excluding hydrogens is 381 g/mol. The van der Waals surface area contributed by atoms with E-state index in [9.17, 15) is 22.8 Å². The maximum Gasteiger partial charge on any atom is 0.445 e. The van der Waals surface area contributed by atoms with Gasteiger partial charge in [-0.05, 0) is 30.3 Å². The number of amides is 2. The Morgan fingerprint density at radius 3 is 2.19 bits per heavy atom. The molecule has 1 aromatic heterocycles. The van der Waals surface area contributed by atoms with Crippen LogP contribution in [-0.4, -0.2) is 22.0 Å². The van der Waals surface area contributed by atoms with Crippen LogP contribution in [-0.2, 0) is 6.18 Å². The molecule has 3 rings (SSSR count). The van der Waals surface area contributed by atoms with Crippen molar-refractivity contribution in [3.63, 3.8) is 0 Å². The van der Waals surface area contributed by atoms with Crippen molar-refractivity contribution in [3.8, 4) is 0 Å². The highest BCUT2D eigenvalue weighted by atomic mass is 32.1. The predicted octanol–water partition coefficient (Wildman–Crippen LogP) is 4.06. The minimum Gasteiger partial charge on any atom is -0.322 e. The summed E-state index contributed by atoms with van der Waals surface area (Å²) in [4.78, 5) is 24.4. The van der Waals surface area contributed by atoms with E-state index in [2.05, 4.69) is 20.8 Å². The van der Waals surface area contributed by atoms with E-state index in [0.29, 0.717) is 11.3 Å². The van der Waals surface area contributed by atoms with Crippen LogP contribution in [0.1, 0.15) is 25.7 Å². The monoisotopic (exact) mass is 392 g/mol. The van der Waals surface area contributed by atoms with Gasteiger partial charge in [-0.1, -0.05) is 35.6 Å². The van der Waals surface area contributed by atoms with E-state index in [0.717, 1.165) is 0 Å². The number of rotatable bonds is 4. The van der Waals surface area contributed by atoms with Crippen molar-refractivity contribution in [1.29, 1.82) is 0 Å². The van der Waals surface area contributed by atoms with Gasteiger partial charge in [-0.15, -0.1) is 10.2 Å². The van der Waals surface area contributed by atoms with Gasteiger partial charge in [0, 0.05) is 16.8 Å². The zero-order chi connectivity index (χ0) is 19.4. The molecule has 2 aromatic carbocycles. The lowest BCUT2D eigenvalue weighted by Gasteiger charge is -2.07. The van der Waals surface area contributed by atoms with Crippen LogP contribution in [0.15, 0.2) is 54.6 Å². The minimum atomic E-state index is -4.62. The first kappa shape index (κ1) is 18.5. The Bertz CT molecular complexity index is 974. The molecule has 0 aliphatic heterocycles. The number of aromatic nitrogens is 2. The molecule has 2 N–H and O–H groups in total. The summed E-state index contributed by atoms with van der Waals surface area (Å²) in [6, 6.07) is 14.5. The van der Waals surface area contributed by atoms with Crippen molar-refractivity contribution < 1.29 is 22.8 Å². The number of benzene rings is 2. The Hall–Kier alpha value is -3.27. The number of carbonyl (C=O) groups is 2. The van der Waals surface area contributed by atoms with Crippen molar-refractivity contribution in [2.75, 3.05) is 10.6 Å². The highest BCUT2D eigenvalue weighted by Gasteiger charge is 2.35. The molecule has 0 unspecified atom stereocenters. The average Bonchev–Trinajstić information content (AvgIpc) is 3.11. The highest BCUT2D eigenvalue weighted by molar-refractivity contribution is 7.15. The Labute approximate surface area is 155 Å². The third kappa shape index (κ3) is 4.67. The van der Waals surface area contributed by atoms with Gasteiger partial charge < -0.3 is 5.32 Å². The number of nitrogens with zero attached hydrogens (tertiary/aromatic N) is 2. The lowest BCUT2D eigenvalue weighted by molar-refractivity contribution is -0.138. The lowest BCUT2D eigenvalue weighted by Crippen LogP contribution is -2.14. The molecule has 2 amide bonds. The molecule has 3 aromatic rings. The van der Waals surface area contributed by atoms with Gasteiger partial charge in [0.05, 0.1) is 0 Å². The summed E-state index contributed by atoms with van der Waals surface area (Å²) in [6.45, 7) is 0. The zero-order valence-corrected chi connectivity index (χ0v) is 14.3. The molecular formula is C17H11F3N4O2S. The Morgan fingerprint density at radius 1 is 0.852 bits per heavy atom. The molecule has 0 fully saturated rings. The van der Waals surface area contributed by atoms with Crippen molar-refractivity contribution in [1.82, 2.24) is 10.2 Å². The molecule has 10 heteroatoms. The van der Waals surface area contributed by atoms with E-state index in [4.69, 9.17) is 0 Å². The molecule has 1 heterocycles. The third-order valence-corrected chi connectivity index (χ3v) is 4.19. The van der Waals surface area contributed by atoms with Crippen LogP contribution in [0, 0.1) is 0 Å². The highest BCUT2D eigenvalue weighted by Crippen LogP contribution is 2.33.